The molecule has 132 valence electrons. The Morgan fingerprint density at radius 2 is 2.12 bits per heavy atom. The van der Waals surface area contributed by atoms with Gasteiger partial charge in [-0.3, -0.25) is 4.55 Å². The molecule has 2 aromatic rings. The van der Waals surface area contributed by atoms with E-state index in [1.54, 1.807) is 6.07 Å². The zero-order valence-corrected chi connectivity index (χ0v) is 15.5. The molecule has 6 nitrogen and oxygen atoms in total. The molecule has 0 saturated heterocycles. The molecule has 0 unspecified atom stereocenters. The van der Waals surface area contributed by atoms with E-state index in [2.05, 4.69) is 10.3 Å². The highest BCUT2D eigenvalue weighted by atomic mass is 35.5. The van der Waals surface area contributed by atoms with Crippen LogP contribution in [0.5, 0.6) is 5.88 Å². The first-order valence-electron chi connectivity index (χ1n) is 7.37. The number of fused-ring (bicyclic) bond motifs is 1. The molecule has 9 heteroatoms. The highest BCUT2D eigenvalue weighted by molar-refractivity contribution is 8.69. The van der Waals surface area contributed by atoms with E-state index in [4.69, 9.17) is 20.9 Å². The molecule has 1 aromatic heterocycles. The van der Waals surface area contributed by atoms with Gasteiger partial charge in [0.2, 0.25) is 5.88 Å². The molecule has 0 aliphatic heterocycles. The number of ether oxygens (including phenoxy) is 1. The quantitative estimate of drug-likeness (QED) is 0.386. The molecule has 0 radical (unpaired) electrons. The van der Waals surface area contributed by atoms with Crippen LogP contribution in [0.4, 0.5) is 0 Å². The van der Waals surface area contributed by atoms with Crippen LogP contribution in [-0.2, 0) is 9.15 Å². The number of hydrogen-bond acceptors (Lipinski definition) is 6. The molecule has 0 saturated carbocycles. The molecule has 0 spiro atoms. The van der Waals surface area contributed by atoms with Crippen molar-refractivity contribution in [1.82, 2.24) is 10.3 Å². The Morgan fingerprint density at radius 3 is 2.88 bits per heavy atom. The zero-order valence-electron chi connectivity index (χ0n) is 13.2. The predicted molar refractivity (Wildman–Crippen MR) is 98.5 cm³/mol. The van der Waals surface area contributed by atoms with Gasteiger partial charge in [0, 0.05) is 28.8 Å². The molecular formula is C15H19ClN2O4S2. The summed E-state index contributed by atoms with van der Waals surface area (Å²) in [4.78, 5) is 4.45. The van der Waals surface area contributed by atoms with Crippen LogP contribution in [0.1, 0.15) is 12.0 Å². The van der Waals surface area contributed by atoms with Crippen LogP contribution in [0, 0.1) is 6.92 Å². The van der Waals surface area contributed by atoms with E-state index in [0.717, 1.165) is 22.9 Å². The maximum atomic E-state index is 10.5. The number of hydrogen-bond donors (Lipinski definition) is 2. The molecule has 2 rings (SSSR count). The van der Waals surface area contributed by atoms with Gasteiger partial charge < -0.3 is 10.1 Å². The summed E-state index contributed by atoms with van der Waals surface area (Å²) in [7, 11) is -3.43. The second kappa shape index (κ2) is 8.87. The van der Waals surface area contributed by atoms with Crippen molar-refractivity contribution >= 4 is 42.4 Å². The number of nitrogens with one attached hydrogen (secondary N) is 1. The Hall–Kier alpha value is -1.06. The number of aryl methyl sites for hydroxylation is 1. The van der Waals surface area contributed by atoms with Gasteiger partial charge in [0.1, 0.15) is 0 Å². The summed E-state index contributed by atoms with van der Waals surface area (Å²) < 4.78 is 35.3. The largest absolute Gasteiger partial charge is 0.478 e. The Balaban J connectivity index is 1.73. The van der Waals surface area contributed by atoms with Gasteiger partial charge in [0.05, 0.1) is 12.1 Å². The average molecular weight is 391 g/mol. The lowest BCUT2D eigenvalue weighted by Crippen LogP contribution is -2.20. The third kappa shape index (κ3) is 6.45. The van der Waals surface area contributed by atoms with Crippen molar-refractivity contribution in [2.45, 2.75) is 13.3 Å². The fraction of sp³-hybridized carbons (Fsp3) is 0.400. The molecule has 1 aromatic carbocycles. The van der Waals surface area contributed by atoms with Crippen LogP contribution in [0.25, 0.3) is 10.9 Å². The summed E-state index contributed by atoms with van der Waals surface area (Å²) >= 11 is 6.00. The third-order valence-corrected chi connectivity index (χ3v) is 5.51. The Morgan fingerprint density at radius 1 is 1.33 bits per heavy atom. The predicted octanol–water partition coefficient (Wildman–Crippen LogP) is 3.09. The van der Waals surface area contributed by atoms with Crippen LogP contribution in [0.3, 0.4) is 0 Å². The Bertz CT molecular complexity index is 799. The average Bonchev–Trinajstić information content (AvgIpc) is 2.49. The van der Waals surface area contributed by atoms with Gasteiger partial charge in [0.15, 0.2) is 0 Å². The van der Waals surface area contributed by atoms with E-state index in [1.165, 1.54) is 0 Å². The summed E-state index contributed by atoms with van der Waals surface area (Å²) in [6.07, 6.45) is 0.760. The number of rotatable bonds is 9. The summed E-state index contributed by atoms with van der Waals surface area (Å²) in [5.74, 6) is 0.873. The number of benzene rings is 1. The summed E-state index contributed by atoms with van der Waals surface area (Å²) in [5.41, 5.74) is 1.90. The van der Waals surface area contributed by atoms with Gasteiger partial charge in [-0.15, -0.1) is 0 Å². The molecule has 0 amide bonds. The molecule has 1 heterocycles. The maximum Gasteiger partial charge on any atom is 0.319 e. The molecule has 0 aliphatic rings. The van der Waals surface area contributed by atoms with E-state index in [0.29, 0.717) is 47.1 Å². The van der Waals surface area contributed by atoms with E-state index < -0.39 is 9.15 Å². The normalized spacial score (nSPS) is 11.8. The molecular weight excluding hydrogens is 372 g/mol. The van der Waals surface area contributed by atoms with E-state index >= 15 is 0 Å². The van der Waals surface area contributed by atoms with Crippen LogP contribution in [0.15, 0.2) is 24.3 Å². The van der Waals surface area contributed by atoms with E-state index in [-0.39, 0.29) is 0 Å². The van der Waals surface area contributed by atoms with Crippen molar-refractivity contribution in [3.8, 4) is 5.88 Å². The van der Waals surface area contributed by atoms with Crippen molar-refractivity contribution in [2.75, 3.05) is 25.4 Å². The SMILES string of the molecule is Cc1cc(OCCCNCCSS(=O)(=O)O)nc2ccc(Cl)cc12. The fourth-order valence-corrected chi connectivity index (χ4v) is 3.62. The number of pyridine rings is 1. The van der Waals surface area contributed by atoms with Crippen LogP contribution in [-0.4, -0.2) is 43.4 Å². The first kappa shape index (κ1) is 19.3. The van der Waals surface area contributed by atoms with Crippen molar-refractivity contribution < 1.29 is 17.7 Å². The number of aromatic nitrogens is 1. The summed E-state index contributed by atoms with van der Waals surface area (Å²) in [6, 6.07) is 7.44. The van der Waals surface area contributed by atoms with Gasteiger partial charge in [-0.25, -0.2) is 4.98 Å². The molecule has 0 fully saturated rings. The van der Waals surface area contributed by atoms with Gasteiger partial charge in [-0.2, -0.15) is 8.42 Å². The summed E-state index contributed by atoms with van der Waals surface area (Å²) in [6.45, 7) is 3.68. The van der Waals surface area contributed by atoms with Gasteiger partial charge >= 0.3 is 9.15 Å². The van der Waals surface area contributed by atoms with Crippen molar-refractivity contribution in [3.63, 3.8) is 0 Å². The van der Waals surface area contributed by atoms with Gasteiger partial charge in [-0.05, 0) is 54.4 Å². The van der Waals surface area contributed by atoms with Crippen LogP contribution >= 0.6 is 22.4 Å². The van der Waals surface area contributed by atoms with Crippen molar-refractivity contribution in [1.29, 1.82) is 0 Å². The van der Waals surface area contributed by atoms with Crippen molar-refractivity contribution in [2.24, 2.45) is 0 Å². The first-order valence-corrected chi connectivity index (χ1v) is 10.7. The van der Waals surface area contributed by atoms with E-state index in [1.807, 2.05) is 25.1 Å². The Labute approximate surface area is 150 Å². The lowest BCUT2D eigenvalue weighted by atomic mass is 10.1. The standard InChI is InChI=1S/C15H19ClN2O4S2/c1-11-9-15(18-14-4-3-12(16)10-13(11)14)22-7-2-5-17-6-8-23-24(19,20)21/h3-4,9-10,17H,2,5-8H2,1H3,(H,19,20,21). The minimum Gasteiger partial charge on any atom is -0.478 e. The fourth-order valence-electron chi connectivity index (χ4n) is 2.13. The molecule has 0 atom stereocenters. The minimum absolute atomic E-state index is 0.299. The monoisotopic (exact) mass is 390 g/mol. The summed E-state index contributed by atoms with van der Waals surface area (Å²) in [5, 5.41) is 4.77. The lowest BCUT2D eigenvalue weighted by Gasteiger charge is -2.09. The number of halogens is 1. The first-order chi connectivity index (χ1) is 11.3. The van der Waals surface area contributed by atoms with Crippen LogP contribution in [0.2, 0.25) is 5.02 Å². The smallest absolute Gasteiger partial charge is 0.319 e. The Kier molecular flexibility index (Phi) is 7.12. The molecule has 2 N–H and O–H groups in total. The minimum atomic E-state index is -3.95. The second-order valence-corrected chi connectivity index (χ2v) is 9.05. The topological polar surface area (TPSA) is 88.5 Å². The van der Waals surface area contributed by atoms with Crippen molar-refractivity contribution in [3.05, 3.63) is 34.9 Å². The van der Waals surface area contributed by atoms with E-state index in [9.17, 15) is 8.42 Å². The zero-order chi connectivity index (χ0) is 17.6. The molecule has 0 aliphatic carbocycles. The second-order valence-electron chi connectivity index (χ2n) is 5.14. The number of nitrogens with zero attached hydrogens (tertiary/aromatic N) is 1. The van der Waals surface area contributed by atoms with Gasteiger partial charge in [-0.1, -0.05) is 11.6 Å². The molecule has 24 heavy (non-hydrogen) atoms. The lowest BCUT2D eigenvalue weighted by molar-refractivity contribution is 0.298. The molecule has 0 bridgehead atoms. The van der Waals surface area contributed by atoms with Gasteiger partial charge in [0.25, 0.3) is 0 Å². The highest BCUT2D eigenvalue weighted by Gasteiger charge is 2.05. The highest BCUT2D eigenvalue weighted by Crippen LogP contribution is 2.24. The third-order valence-electron chi connectivity index (χ3n) is 3.21. The van der Waals surface area contributed by atoms with Crippen LogP contribution < -0.4 is 10.1 Å². The maximum absolute atomic E-state index is 10.5.